The van der Waals surface area contributed by atoms with E-state index >= 15 is 0 Å². The van der Waals surface area contributed by atoms with E-state index in [4.69, 9.17) is 4.11 Å². The van der Waals surface area contributed by atoms with E-state index in [1.165, 1.54) is 16.8 Å². The van der Waals surface area contributed by atoms with Gasteiger partial charge >= 0.3 is 0 Å². The Bertz CT molecular complexity index is 710. The van der Waals surface area contributed by atoms with Gasteiger partial charge in [-0.1, -0.05) is 24.3 Å². The third-order valence-corrected chi connectivity index (χ3v) is 4.46. The Morgan fingerprint density at radius 1 is 1.10 bits per heavy atom. The zero-order valence-corrected chi connectivity index (χ0v) is 13.0. The molecule has 1 fully saturated rings. The van der Waals surface area contributed by atoms with Crippen LogP contribution in [-0.4, -0.2) is 32.4 Å². The van der Waals surface area contributed by atoms with E-state index in [0.29, 0.717) is 0 Å². The number of benzene rings is 2. The van der Waals surface area contributed by atoms with E-state index in [9.17, 15) is 0 Å². The zero-order chi connectivity index (χ0) is 17.2. The molecule has 1 saturated heterocycles. The quantitative estimate of drug-likeness (QED) is 0.868. The molecule has 0 unspecified atom stereocenters. The van der Waals surface area contributed by atoms with Gasteiger partial charge in [0.2, 0.25) is 0 Å². The van der Waals surface area contributed by atoms with E-state index in [0.717, 1.165) is 48.4 Å². The molecule has 2 aromatic rings. The maximum atomic E-state index is 7.41. The van der Waals surface area contributed by atoms with Crippen LogP contribution in [0, 0.1) is 6.92 Å². The Balaban J connectivity index is 1.94. The Labute approximate surface area is 135 Å². The lowest BCUT2D eigenvalue weighted by Gasteiger charge is -2.31. The van der Waals surface area contributed by atoms with Crippen LogP contribution in [0.2, 0.25) is 0 Å². The molecule has 21 heavy (non-hydrogen) atoms. The van der Waals surface area contributed by atoms with Gasteiger partial charge in [-0.25, -0.2) is 0 Å². The van der Waals surface area contributed by atoms with E-state index in [1.54, 1.807) is 0 Å². The summed E-state index contributed by atoms with van der Waals surface area (Å²) >= 11 is 0.932. The highest BCUT2D eigenvalue weighted by Gasteiger charge is 2.15. The van der Waals surface area contributed by atoms with Crippen molar-refractivity contribution in [3.05, 3.63) is 48.0 Å². The molecule has 3 rings (SSSR count). The number of nitrogens with zero attached hydrogens (tertiary/aromatic N) is 1. The van der Waals surface area contributed by atoms with Crippen molar-refractivity contribution in [1.82, 2.24) is 5.32 Å². The number of thioether (sulfide) groups is 1. The van der Waals surface area contributed by atoms with Crippen LogP contribution < -0.4 is 10.2 Å². The molecule has 0 spiro atoms. The summed E-state index contributed by atoms with van der Waals surface area (Å²) in [7, 11) is 0. The van der Waals surface area contributed by atoms with Gasteiger partial charge in [-0.2, -0.15) is 0 Å². The van der Waals surface area contributed by atoms with Gasteiger partial charge in [0.25, 0.3) is 0 Å². The van der Waals surface area contributed by atoms with Gasteiger partial charge < -0.3 is 10.2 Å². The largest absolute Gasteiger partial charge is 0.368 e. The van der Waals surface area contributed by atoms with Crippen molar-refractivity contribution in [3.63, 3.8) is 0 Å². The molecule has 1 heterocycles. The molecule has 0 saturated carbocycles. The highest BCUT2D eigenvalue weighted by molar-refractivity contribution is 7.98. The fraction of sp³-hybridized carbons (Fsp3) is 0.333. The molecule has 0 radical (unpaired) electrons. The van der Waals surface area contributed by atoms with Crippen molar-refractivity contribution < 1.29 is 4.11 Å². The molecule has 2 aromatic carbocycles. The summed E-state index contributed by atoms with van der Waals surface area (Å²) in [5.74, 6) is 0. The molecule has 0 bridgehead atoms. The predicted molar refractivity (Wildman–Crippen MR) is 93.5 cm³/mol. The number of hydrogen-bond acceptors (Lipinski definition) is 3. The second-order valence-electron chi connectivity index (χ2n) is 5.33. The molecular weight excluding hydrogens is 276 g/mol. The summed E-state index contributed by atoms with van der Waals surface area (Å²) in [6, 6.07) is 14.4. The molecular formula is C18H22N2S. The molecule has 3 heteroatoms. The maximum absolute atomic E-state index is 7.41. The average Bonchev–Trinajstić information content (AvgIpc) is 2.54. The average molecular weight is 301 g/mol. The highest BCUT2D eigenvalue weighted by Crippen LogP contribution is 2.34. The van der Waals surface area contributed by atoms with Gasteiger partial charge in [-0.15, -0.1) is 11.8 Å². The van der Waals surface area contributed by atoms with Gasteiger partial charge in [0.05, 0.1) is 0 Å². The smallest absolute Gasteiger partial charge is 0.0446 e. The first kappa shape index (κ1) is 11.2. The first-order chi connectivity index (χ1) is 11.4. The van der Waals surface area contributed by atoms with Gasteiger partial charge in [-0.3, -0.25) is 0 Å². The highest BCUT2D eigenvalue weighted by atomic mass is 32.2. The third kappa shape index (κ3) is 3.09. The second-order valence-corrected chi connectivity index (χ2v) is 6.01. The Kier molecular flexibility index (Phi) is 3.48. The zero-order valence-electron chi connectivity index (χ0n) is 15.2. The predicted octanol–water partition coefficient (Wildman–Crippen LogP) is 3.79. The van der Waals surface area contributed by atoms with Gasteiger partial charge in [0.1, 0.15) is 0 Å². The summed E-state index contributed by atoms with van der Waals surface area (Å²) < 4.78 is 22.2. The molecule has 0 aliphatic carbocycles. The number of aryl methyl sites for hydroxylation is 1. The molecule has 1 N–H and O–H groups in total. The number of hydrogen-bond donors (Lipinski definition) is 1. The van der Waals surface area contributed by atoms with E-state index in [1.807, 2.05) is 25.1 Å². The first-order valence-corrected chi connectivity index (χ1v) is 8.10. The Morgan fingerprint density at radius 3 is 2.67 bits per heavy atom. The van der Waals surface area contributed by atoms with Crippen molar-refractivity contribution in [3.8, 4) is 11.1 Å². The SMILES string of the molecule is [2H]C([2H])([2H])Sc1ccc(-c2ccccc2N2CCNCC2)c(C)c1. The van der Waals surface area contributed by atoms with E-state index < -0.39 is 6.18 Å². The molecule has 2 nitrogen and oxygen atoms in total. The van der Waals surface area contributed by atoms with Crippen LogP contribution in [0.3, 0.4) is 0 Å². The van der Waals surface area contributed by atoms with E-state index in [2.05, 4.69) is 34.5 Å². The lowest BCUT2D eigenvalue weighted by molar-refractivity contribution is 0.589. The lowest BCUT2D eigenvalue weighted by atomic mass is 9.98. The summed E-state index contributed by atoms with van der Waals surface area (Å²) in [4.78, 5) is 3.20. The number of para-hydroxylation sites is 1. The van der Waals surface area contributed by atoms with Crippen molar-refractivity contribution in [2.45, 2.75) is 11.8 Å². The molecule has 1 aliphatic rings. The van der Waals surface area contributed by atoms with Crippen molar-refractivity contribution >= 4 is 17.4 Å². The standard InChI is InChI=1S/C18H22N2S/c1-14-13-15(21-2)7-8-16(14)17-5-3-4-6-18(17)20-11-9-19-10-12-20/h3-8,13,19H,9-12H2,1-2H3/i2D3. The van der Waals surface area contributed by atoms with Crippen molar-refractivity contribution in [2.24, 2.45) is 0 Å². The summed E-state index contributed by atoms with van der Waals surface area (Å²) in [5, 5.41) is 3.39. The summed E-state index contributed by atoms with van der Waals surface area (Å²) in [6.07, 6.45) is -2.01. The van der Waals surface area contributed by atoms with Crippen molar-refractivity contribution in [2.75, 3.05) is 37.3 Å². The van der Waals surface area contributed by atoms with Crippen LogP contribution in [0.15, 0.2) is 47.4 Å². The Morgan fingerprint density at radius 2 is 1.90 bits per heavy atom. The molecule has 110 valence electrons. The van der Waals surface area contributed by atoms with Crippen LogP contribution in [0.25, 0.3) is 11.1 Å². The van der Waals surface area contributed by atoms with Crippen LogP contribution >= 0.6 is 11.8 Å². The van der Waals surface area contributed by atoms with Gasteiger partial charge in [-0.05, 0) is 42.4 Å². The number of nitrogens with one attached hydrogen (secondary N) is 1. The van der Waals surface area contributed by atoms with Crippen molar-refractivity contribution in [1.29, 1.82) is 0 Å². The number of anilines is 1. The van der Waals surface area contributed by atoms with Crippen LogP contribution in [0.4, 0.5) is 5.69 Å². The monoisotopic (exact) mass is 301 g/mol. The Hall–Kier alpha value is -1.45. The minimum Gasteiger partial charge on any atom is -0.368 e. The third-order valence-electron chi connectivity index (χ3n) is 3.97. The lowest BCUT2D eigenvalue weighted by Crippen LogP contribution is -2.43. The van der Waals surface area contributed by atoms with E-state index in [-0.39, 0.29) is 0 Å². The molecule has 0 amide bonds. The molecule has 0 aromatic heterocycles. The van der Waals surface area contributed by atoms with Crippen LogP contribution in [0.5, 0.6) is 0 Å². The number of rotatable bonds is 3. The molecule has 0 atom stereocenters. The normalized spacial score (nSPS) is 18.0. The minimum absolute atomic E-state index is 0.788. The molecule has 1 aliphatic heterocycles. The summed E-state index contributed by atoms with van der Waals surface area (Å²) in [6.45, 7) is 6.06. The summed E-state index contributed by atoms with van der Waals surface area (Å²) in [5.41, 5.74) is 4.73. The topological polar surface area (TPSA) is 15.3 Å². The van der Waals surface area contributed by atoms with Crippen LogP contribution in [0.1, 0.15) is 9.68 Å². The maximum Gasteiger partial charge on any atom is 0.0446 e. The fourth-order valence-corrected chi connectivity index (χ4v) is 3.26. The number of piperazine rings is 1. The fourth-order valence-electron chi connectivity index (χ4n) is 2.88. The minimum atomic E-state index is -2.01. The van der Waals surface area contributed by atoms with Gasteiger partial charge in [0, 0.05) is 46.4 Å². The van der Waals surface area contributed by atoms with Crippen LogP contribution in [-0.2, 0) is 0 Å². The van der Waals surface area contributed by atoms with Gasteiger partial charge in [0.15, 0.2) is 0 Å². The first-order valence-electron chi connectivity index (χ1n) is 8.79. The second kappa shape index (κ2) is 6.54.